The van der Waals surface area contributed by atoms with Crippen molar-refractivity contribution < 1.29 is 9.72 Å². The Bertz CT molecular complexity index is 475. The second kappa shape index (κ2) is 4.75. The van der Waals surface area contributed by atoms with Gasteiger partial charge in [-0.1, -0.05) is 6.92 Å². The summed E-state index contributed by atoms with van der Waals surface area (Å²) >= 11 is 0. The Morgan fingerprint density at radius 2 is 2.11 bits per heavy atom. The minimum absolute atomic E-state index is 0.0583. The zero-order valence-electron chi connectivity index (χ0n) is 10.5. The van der Waals surface area contributed by atoms with Crippen molar-refractivity contribution in [2.24, 2.45) is 13.0 Å². The molecule has 0 radical (unpaired) electrons. The van der Waals surface area contributed by atoms with Crippen LogP contribution in [0, 0.1) is 16.0 Å². The molecule has 18 heavy (non-hydrogen) atoms. The summed E-state index contributed by atoms with van der Waals surface area (Å²) in [6.45, 7) is 3.44. The third-order valence-corrected chi connectivity index (χ3v) is 3.28. The molecule has 1 saturated heterocycles. The molecule has 2 heterocycles. The summed E-state index contributed by atoms with van der Waals surface area (Å²) in [6.07, 6.45) is 3.14. The Morgan fingerprint density at radius 1 is 1.50 bits per heavy atom. The van der Waals surface area contributed by atoms with E-state index in [0.29, 0.717) is 19.0 Å². The van der Waals surface area contributed by atoms with Gasteiger partial charge in [0.2, 0.25) is 5.69 Å². The molecule has 1 aliphatic rings. The van der Waals surface area contributed by atoms with Gasteiger partial charge in [-0.3, -0.25) is 19.6 Å². The van der Waals surface area contributed by atoms with Crippen LogP contribution < -0.4 is 0 Å². The van der Waals surface area contributed by atoms with Gasteiger partial charge in [-0.15, -0.1) is 0 Å². The molecule has 0 aromatic carbocycles. The van der Waals surface area contributed by atoms with Gasteiger partial charge in [0.25, 0.3) is 5.91 Å². The van der Waals surface area contributed by atoms with Gasteiger partial charge in [-0.05, 0) is 18.8 Å². The van der Waals surface area contributed by atoms with Crippen LogP contribution in [-0.2, 0) is 7.05 Å². The maximum absolute atomic E-state index is 12.2. The number of carbonyl (C=O) groups is 1. The Balaban J connectivity index is 2.21. The third kappa shape index (κ3) is 2.34. The lowest BCUT2D eigenvalue weighted by molar-refractivity contribution is -0.385. The van der Waals surface area contributed by atoms with Crippen molar-refractivity contribution in [3.8, 4) is 0 Å². The summed E-state index contributed by atoms with van der Waals surface area (Å²) in [4.78, 5) is 24.1. The summed E-state index contributed by atoms with van der Waals surface area (Å²) in [6, 6.07) is 0. The SMILES string of the molecule is CC1CCN(C(=O)c2nn(C)cc2[N+](=O)[O-])CC1. The van der Waals surface area contributed by atoms with E-state index in [2.05, 4.69) is 12.0 Å². The molecule has 1 amide bonds. The van der Waals surface area contributed by atoms with Gasteiger partial charge in [0.1, 0.15) is 6.20 Å². The van der Waals surface area contributed by atoms with Gasteiger partial charge < -0.3 is 4.90 Å². The van der Waals surface area contributed by atoms with Crippen LogP contribution in [0.2, 0.25) is 0 Å². The smallest absolute Gasteiger partial charge is 0.320 e. The van der Waals surface area contributed by atoms with Gasteiger partial charge in [-0.2, -0.15) is 5.10 Å². The molecule has 98 valence electrons. The van der Waals surface area contributed by atoms with Crippen LogP contribution in [0.25, 0.3) is 0 Å². The van der Waals surface area contributed by atoms with E-state index >= 15 is 0 Å². The number of hydrogen-bond donors (Lipinski definition) is 0. The second-order valence-electron chi connectivity index (χ2n) is 4.77. The number of nitrogens with zero attached hydrogens (tertiary/aromatic N) is 4. The summed E-state index contributed by atoms with van der Waals surface area (Å²) < 4.78 is 1.30. The second-order valence-corrected chi connectivity index (χ2v) is 4.77. The molecule has 0 saturated carbocycles. The number of piperidine rings is 1. The highest BCUT2D eigenvalue weighted by Crippen LogP contribution is 2.22. The third-order valence-electron chi connectivity index (χ3n) is 3.28. The molecular weight excluding hydrogens is 236 g/mol. The number of aromatic nitrogens is 2. The number of hydrogen-bond acceptors (Lipinski definition) is 4. The first kappa shape index (κ1) is 12.5. The van der Waals surface area contributed by atoms with Crippen LogP contribution in [0.3, 0.4) is 0 Å². The first-order chi connectivity index (χ1) is 8.49. The normalized spacial score (nSPS) is 16.9. The van der Waals surface area contributed by atoms with Crippen molar-refractivity contribution in [2.75, 3.05) is 13.1 Å². The number of likely N-dealkylation sites (tertiary alicyclic amines) is 1. The summed E-state index contributed by atoms with van der Waals surface area (Å²) in [7, 11) is 1.57. The highest BCUT2D eigenvalue weighted by molar-refractivity contribution is 5.96. The minimum atomic E-state index is -0.563. The fourth-order valence-electron chi connectivity index (χ4n) is 2.12. The van der Waals surface area contributed by atoms with Crippen molar-refractivity contribution in [1.29, 1.82) is 0 Å². The van der Waals surface area contributed by atoms with Crippen molar-refractivity contribution in [2.45, 2.75) is 19.8 Å². The molecule has 7 nitrogen and oxygen atoms in total. The van der Waals surface area contributed by atoms with Gasteiger partial charge in [-0.25, -0.2) is 0 Å². The molecule has 0 unspecified atom stereocenters. The fraction of sp³-hybridized carbons (Fsp3) is 0.636. The van der Waals surface area contributed by atoms with Gasteiger partial charge in [0.05, 0.1) is 4.92 Å². The number of aryl methyl sites for hydroxylation is 1. The van der Waals surface area contributed by atoms with Crippen LogP contribution in [0.15, 0.2) is 6.20 Å². The topological polar surface area (TPSA) is 81.3 Å². The summed E-state index contributed by atoms with van der Waals surface area (Å²) in [5.74, 6) is 0.266. The molecule has 0 N–H and O–H groups in total. The number of rotatable bonds is 2. The molecule has 1 aromatic rings. The lowest BCUT2D eigenvalue weighted by Crippen LogP contribution is -2.38. The predicted molar refractivity (Wildman–Crippen MR) is 64.2 cm³/mol. The van der Waals surface area contributed by atoms with Crippen LogP contribution in [0.5, 0.6) is 0 Å². The minimum Gasteiger partial charge on any atom is -0.337 e. The Labute approximate surface area is 105 Å². The van der Waals surface area contributed by atoms with Crippen molar-refractivity contribution >= 4 is 11.6 Å². The Hall–Kier alpha value is -1.92. The average Bonchev–Trinajstić information content (AvgIpc) is 2.71. The fourth-order valence-corrected chi connectivity index (χ4v) is 2.12. The van der Waals surface area contributed by atoms with Gasteiger partial charge in [0, 0.05) is 20.1 Å². The lowest BCUT2D eigenvalue weighted by Gasteiger charge is -2.29. The first-order valence-corrected chi connectivity index (χ1v) is 5.96. The molecule has 0 aliphatic carbocycles. The molecule has 0 atom stereocenters. The van der Waals surface area contributed by atoms with Crippen LogP contribution >= 0.6 is 0 Å². The van der Waals surface area contributed by atoms with Gasteiger partial charge in [0.15, 0.2) is 0 Å². The van der Waals surface area contributed by atoms with Crippen LogP contribution in [0.1, 0.15) is 30.3 Å². The lowest BCUT2D eigenvalue weighted by atomic mass is 9.99. The molecule has 1 fully saturated rings. The molecule has 0 bridgehead atoms. The maximum Gasteiger partial charge on any atom is 0.320 e. The van der Waals surface area contributed by atoms with E-state index in [1.165, 1.54) is 10.9 Å². The Kier molecular flexibility index (Phi) is 3.31. The summed E-state index contributed by atoms with van der Waals surface area (Å²) in [5.41, 5.74) is -0.279. The molecule has 7 heteroatoms. The van der Waals surface area contributed by atoms with E-state index in [1.807, 2.05) is 0 Å². The monoisotopic (exact) mass is 252 g/mol. The van der Waals surface area contributed by atoms with Gasteiger partial charge >= 0.3 is 5.69 Å². The van der Waals surface area contributed by atoms with E-state index < -0.39 is 4.92 Å². The zero-order valence-corrected chi connectivity index (χ0v) is 10.5. The average molecular weight is 252 g/mol. The van der Waals surface area contributed by atoms with E-state index in [-0.39, 0.29) is 17.3 Å². The van der Waals surface area contributed by atoms with E-state index in [0.717, 1.165) is 12.8 Å². The summed E-state index contributed by atoms with van der Waals surface area (Å²) in [5, 5.41) is 14.8. The molecular formula is C11H16N4O3. The highest BCUT2D eigenvalue weighted by Gasteiger charge is 2.30. The van der Waals surface area contributed by atoms with Crippen molar-refractivity contribution in [1.82, 2.24) is 14.7 Å². The van der Waals surface area contributed by atoms with E-state index in [1.54, 1.807) is 11.9 Å². The van der Waals surface area contributed by atoms with Crippen molar-refractivity contribution in [3.63, 3.8) is 0 Å². The number of carbonyl (C=O) groups excluding carboxylic acids is 1. The first-order valence-electron chi connectivity index (χ1n) is 5.96. The maximum atomic E-state index is 12.2. The molecule has 0 spiro atoms. The predicted octanol–water partition coefficient (Wildman–Crippen LogP) is 1.20. The molecule has 1 aromatic heterocycles. The highest BCUT2D eigenvalue weighted by atomic mass is 16.6. The quantitative estimate of drug-likeness (QED) is 0.585. The standard InChI is InChI=1S/C11H16N4O3/c1-8-3-5-14(6-4-8)11(16)10-9(15(17)18)7-13(2)12-10/h7-8H,3-6H2,1-2H3. The largest absolute Gasteiger partial charge is 0.337 e. The van der Waals surface area contributed by atoms with Crippen LogP contribution in [-0.4, -0.2) is 38.6 Å². The van der Waals surface area contributed by atoms with E-state index in [9.17, 15) is 14.9 Å². The van der Waals surface area contributed by atoms with Crippen molar-refractivity contribution in [3.05, 3.63) is 22.0 Å². The Morgan fingerprint density at radius 3 is 2.67 bits per heavy atom. The van der Waals surface area contributed by atoms with Crippen LogP contribution in [0.4, 0.5) is 5.69 Å². The molecule has 1 aliphatic heterocycles. The molecule has 2 rings (SSSR count). The number of nitro groups is 1. The number of amides is 1. The zero-order chi connectivity index (χ0) is 13.3. The van der Waals surface area contributed by atoms with E-state index in [4.69, 9.17) is 0 Å².